The van der Waals surface area contributed by atoms with Gasteiger partial charge in [0.25, 0.3) is 5.91 Å². The Bertz CT molecular complexity index is 670. The number of carbonyl (C=O) groups is 2. The van der Waals surface area contributed by atoms with Gasteiger partial charge in [-0.25, -0.2) is 0 Å². The highest BCUT2D eigenvalue weighted by atomic mass is 16.5. The highest BCUT2D eigenvalue weighted by Crippen LogP contribution is 2.15. The molecular weight excluding hydrogens is 322 g/mol. The first-order valence-electron chi connectivity index (χ1n) is 8.03. The van der Waals surface area contributed by atoms with Crippen LogP contribution in [0, 0.1) is 0 Å². The topological polar surface area (TPSA) is 73.9 Å². The lowest BCUT2D eigenvalue weighted by atomic mass is 10.3. The average molecular weight is 343 g/mol. The van der Waals surface area contributed by atoms with E-state index in [9.17, 15) is 9.59 Å². The second kappa shape index (κ2) is 9.97. The van der Waals surface area contributed by atoms with Gasteiger partial charge in [0.15, 0.2) is 6.61 Å². The van der Waals surface area contributed by atoms with E-state index in [0.29, 0.717) is 18.0 Å². The van der Waals surface area contributed by atoms with Crippen LogP contribution >= 0.6 is 0 Å². The van der Waals surface area contributed by atoms with Crippen LogP contribution in [0.15, 0.2) is 54.6 Å². The molecule has 0 saturated heterocycles. The highest BCUT2D eigenvalue weighted by Gasteiger charge is 2.08. The summed E-state index contributed by atoms with van der Waals surface area (Å²) >= 11 is 0. The van der Waals surface area contributed by atoms with Gasteiger partial charge in [0.05, 0.1) is 19.6 Å². The van der Waals surface area contributed by atoms with Crippen LogP contribution in [-0.4, -0.2) is 31.7 Å². The number of amides is 1. The largest absolute Gasteiger partial charge is 0.494 e. The first-order valence-corrected chi connectivity index (χ1v) is 8.03. The zero-order valence-electron chi connectivity index (χ0n) is 14.1. The number of rotatable bonds is 9. The number of nitrogens with one attached hydrogen (secondary N) is 1. The summed E-state index contributed by atoms with van der Waals surface area (Å²) in [6, 6.07) is 16.1. The highest BCUT2D eigenvalue weighted by molar-refractivity contribution is 5.92. The van der Waals surface area contributed by atoms with Gasteiger partial charge in [0.1, 0.15) is 11.5 Å². The predicted octanol–water partition coefficient (Wildman–Crippen LogP) is 3.04. The Balaban J connectivity index is 1.64. The summed E-state index contributed by atoms with van der Waals surface area (Å²) in [7, 11) is 0. The van der Waals surface area contributed by atoms with E-state index in [0.717, 1.165) is 5.75 Å². The van der Waals surface area contributed by atoms with E-state index in [2.05, 4.69) is 5.32 Å². The SMILES string of the molecule is CCOc1ccc(NC(=O)COC(=O)CCOc2ccccc2)cc1. The summed E-state index contributed by atoms with van der Waals surface area (Å²) in [4.78, 5) is 23.4. The van der Waals surface area contributed by atoms with Gasteiger partial charge < -0.3 is 19.5 Å². The van der Waals surface area contributed by atoms with Crippen molar-refractivity contribution in [3.63, 3.8) is 0 Å². The van der Waals surface area contributed by atoms with Crippen molar-refractivity contribution in [3.05, 3.63) is 54.6 Å². The number of ether oxygens (including phenoxy) is 3. The fourth-order valence-electron chi connectivity index (χ4n) is 1.99. The van der Waals surface area contributed by atoms with Crippen LogP contribution in [0.25, 0.3) is 0 Å². The van der Waals surface area contributed by atoms with Crippen molar-refractivity contribution >= 4 is 17.6 Å². The van der Waals surface area contributed by atoms with Crippen molar-refractivity contribution in [2.75, 3.05) is 25.1 Å². The molecule has 0 unspecified atom stereocenters. The summed E-state index contributed by atoms with van der Waals surface area (Å²) in [6.45, 7) is 2.34. The summed E-state index contributed by atoms with van der Waals surface area (Å²) in [5.74, 6) is 0.521. The zero-order valence-corrected chi connectivity index (χ0v) is 14.1. The number of esters is 1. The van der Waals surface area contributed by atoms with E-state index in [-0.39, 0.29) is 19.6 Å². The van der Waals surface area contributed by atoms with Gasteiger partial charge in [0.2, 0.25) is 0 Å². The third-order valence-electron chi connectivity index (χ3n) is 3.13. The quantitative estimate of drug-likeness (QED) is 0.709. The zero-order chi connectivity index (χ0) is 17.9. The number of benzene rings is 2. The molecule has 0 aromatic heterocycles. The van der Waals surface area contributed by atoms with Crippen molar-refractivity contribution in [1.82, 2.24) is 0 Å². The number of anilines is 1. The molecule has 1 amide bonds. The van der Waals surface area contributed by atoms with Crippen molar-refractivity contribution in [1.29, 1.82) is 0 Å². The fourth-order valence-corrected chi connectivity index (χ4v) is 1.99. The van der Waals surface area contributed by atoms with Crippen molar-refractivity contribution in [2.24, 2.45) is 0 Å². The molecule has 0 aliphatic carbocycles. The van der Waals surface area contributed by atoms with Gasteiger partial charge in [-0.05, 0) is 43.3 Å². The van der Waals surface area contributed by atoms with Gasteiger partial charge in [-0.1, -0.05) is 18.2 Å². The van der Waals surface area contributed by atoms with Crippen molar-refractivity contribution in [2.45, 2.75) is 13.3 Å². The Kier molecular flexibility index (Phi) is 7.31. The normalized spacial score (nSPS) is 9.96. The number of hydrogen-bond acceptors (Lipinski definition) is 5. The Morgan fingerprint density at radius 2 is 1.60 bits per heavy atom. The lowest BCUT2D eigenvalue weighted by Gasteiger charge is -2.08. The molecule has 0 bridgehead atoms. The predicted molar refractivity (Wildman–Crippen MR) is 93.8 cm³/mol. The monoisotopic (exact) mass is 343 g/mol. The molecule has 132 valence electrons. The maximum absolute atomic E-state index is 11.8. The number of para-hydroxylation sites is 1. The summed E-state index contributed by atoms with van der Waals surface area (Å²) in [5.41, 5.74) is 0.608. The Labute approximate surface area is 146 Å². The molecule has 0 saturated carbocycles. The standard InChI is InChI=1S/C19H21NO5/c1-2-23-17-10-8-15(9-11-17)20-18(21)14-25-19(22)12-13-24-16-6-4-3-5-7-16/h3-11H,2,12-14H2,1H3,(H,20,21). The fraction of sp³-hybridized carbons (Fsp3) is 0.263. The first kappa shape index (κ1) is 18.3. The minimum atomic E-state index is -0.488. The molecule has 0 fully saturated rings. The molecule has 25 heavy (non-hydrogen) atoms. The number of hydrogen-bond donors (Lipinski definition) is 1. The Morgan fingerprint density at radius 1 is 0.920 bits per heavy atom. The number of carbonyl (C=O) groups excluding carboxylic acids is 2. The summed E-state index contributed by atoms with van der Waals surface area (Å²) in [6.07, 6.45) is 0.0746. The van der Waals surface area contributed by atoms with Crippen LogP contribution in [0.1, 0.15) is 13.3 Å². The molecule has 2 rings (SSSR count). The lowest BCUT2D eigenvalue weighted by Crippen LogP contribution is -2.21. The Morgan fingerprint density at radius 3 is 2.28 bits per heavy atom. The van der Waals surface area contributed by atoms with E-state index in [1.807, 2.05) is 25.1 Å². The van der Waals surface area contributed by atoms with E-state index < -0.39 is 11.9 Å². The van der Waals surface area contributed by atoms with Crippen LogP contribution < -0.4 is 14.8 Å². The van der Waals surface area contributed by atoms with E-state index >= 15 is 0 Å². The van der Waals surface area contributed by atoms with Gasteiger partial charge in [-0.15, -0.1) is 0 Å². The second-order valence-electron chi connectivity index (χ2n) is 5.08. The minimum absolute atomic E-state index is 0.0746. The van der Waals surface area contributed by atoms with Gasteiger partial charge in [0, 0.05) is 5.69 Å². The van der Waals surface area contributed by atoms with Gasteiger partial charge in [-0.3, -0.25) is 9.59 Å². The summed E-state index contributed by atoms with van der Waals surface area (Å²) in [5, 5.41) is 2.65. The second-order valence-corrected chi connectivity index (χ2v) is 5.08. The molecule has 0 aliphatic rings. The smallest absolute Gasteiger partial charge is 0.309 e. The van der Waals surface area contributed by atoms with Crippen molar-refractivity contribution in [3.8, 4) is 11.5 Å². The minimum Gasteiger partial charge on any atom is -0.494 e. The molecule has 6 nitrogen and oxygen atoms in total. The van der Waals surface area contributed by atoms with Gasteiger partial charge in [-0.2, -0.15) is 0 Å². The molecule has 0 atom stereocenters. The third kappa shape index (κ3) is 6.95. The van der Waals surface area contributed by atoms with Gasteiger partial charge >= 0.3 is 5.97 Å². The lowest BCUT2D eigenvalue weighted by molar-refractivity contribution is -0.147. The van der Waals surface area contributed by atoms with E-state index in [1.165, 1.54) is 0 Å². The molecule has 0 aliphatic heterocycles. The van der Waals surface area contributed by atoms with Crippen molar-refractivity contribution < 1.29 is 23.8 Å². The Hall–Kier alpha value is -3.02. The van der Waals surface area contributed by atoms with Crippen LogP contribution in [-0.2, 0) is 14.3 Å². The molecule has 0 spiro atoms. The van der Waals surface area contributed by atoms with E-state index in [4.69, 9.17) is 14.2 Å². The van der Waals surface area contributed by atoms with Crippen LogP contribution in [0.5, 0.6) is 11.5 Å². The molecule has 6 heteroatoms. The summed E-state index contributed by atoms with van der Waals surface area (Å²) < 4.78 is 15.6. The molecular formula is C19H21NO5. The average Bonchev–Trinajstić information content (AvgIpc) is 2.63. The third-order valence-corrected chi connectivity index (χ3v) is 3.13. The molecule has 2 aromatic carbocycles. The molecule has 0 radical (unpaired) electrons. The molecule has 0 heterocycles. The maximum atomic E-state index is 11.8. The van der Waals surface area contributed by atoms with Crippen LogP contribution in [0.4, 0.5) is 5.69 Å². The van der Waals surface area contributed by atoms with Crippen LogP contribution in [0.2, 0.25) is 0 Å². The first-order chi connectivity index (χ1) is 12.2. The van der Waals surface area contributed by atoms with Crippen LogP contribution in [0.3, 0.4) is 0 Å². The molecule has 1 N–H and O–H groups in total. The maximum Gasteiger partial charge on any atom is 0.309 e. The van der Waals surface area contributed by atoms with E-state index in [1.54, 1.807) is 36.4 Å². The molecule has 2 aromatic rings.